The molecule has 2 heteroatoms. The second-order valence-corrected chi connectivity index (χ2v) is 6.30. The van der Waals surface area contributed by atoms with E-state index in [1.165, 1.54) is 36.6 Å². The van der Waals surface area contributed by atoms with E-state index in [1.807, 2.05) is 6.07 Å². The van der Waals surface area contributed by atoms with E-state index in [-0.39, 0.29) is 0 Å². The van der Waals surface area contributed by atoms with Gasteiger partial charge in [0.1, 0.15) is 11.3 Å². The lowest BCUT2D eigenvalue weighted by Gasteiger charge is -2.22. The molecule has 2 fully saturated rings. The molecular formula is C17H21NO. The molecule has 100 valence electrons. The minimum Gasteiger partial charge on any atom is -0.461 e. The van der Waals surface area contributed by atoms with Crippen LogP contribution in [0.15, 0.2) is 28.7 Å². The van der Waals surface area contributed by atoms with Crippen molar-refractivity contribution >= 4 is 11.0 Å². The van der Waals surface area contributed by atoms with Gasteiger partial charge in [-0.05, 0) is 44.1 Å². The fourth-order valence-corrected chi connectivity index (χ4v) is 4.17. The van der Waals surface area contributed by atoms with E-state index in [1.54, 1.807) is 0 Å². The zero-order valence-corrected chi connectivity index (χ0v) is 11.5. The number of fused-ring (bicyclic) bond motifs is 3. The molecule has 2 nitrogen and oxygen atoms in total. The molecule has 2 aliphatic rings. The Bertz CT molecular complexity index is 600. The molecule has 0 amide bonds. The van der Waals surface area contributed by atoms with Crippen LogP contribution >= 0.6 is 0 Å². The van der Waals surface area contributed by atoms with Crippen molar-refractivity contribution in [2.75, 3.05) is 0 Å². The molecule has 2 aliphatic carbocycles. The van der Waals surface area contributed by atoms with Gasteiger partial charge in [-0.1, -0.05) is 24.6 Å². The lowest BCUT2D eigenvalue weighted by atomic mass is 9.95. The molecule has 0 radical (unpaired) electrons. The highest BCUT2D eigenvalue weighted by atomic mass is 16.3. The van der Waals surface area contributed by atoms with Crippen LogP contribution in [0.4, 0.5) is 0 Å². The van der Waals surface area contributed by atoms with Gasteiger partial charge in [0.2, 0.25) is 0 Å². The molecule has 1 N–H and O–H groups in total. The number of hydrogen-bond donors (Lipinski definition) is 1. The number of para-hydroxylation sites is 1. The van der Waals surface area contributed by atoms with Gasteiger partial charge in [0.05, 0.1) is 0 Å². The molecule has 1 aromatic heterocycles. The van der Waals surface area contributed by atoms with Crippen LogP contribution in [0.25, 0.3) is 11.0 Å². The summed E-state index contributed by atoms with van der Waals surface area (Å²) in [4.78, 5) is 0. The van der Waals surface area contributed by atoms with Crippen LogP contribution in [0.1, 0.15) is 37.0 Å². The highest BCUT2D eigenvalue weighted by molar-refractivity contribution is 5.82. The molecule has 0 saturated heterocycles. The fraction of sp³-hybridized carbons (Fsp3) is 0.529. The average Bonchev–Trinajstić information content (AvgIpc) is 3.09. The summed E-state index contributed by atoms with van der Waals surface area (Å²) in [6.45, 7) is 3.04. The second-order valence-electron chi connectivity index (χ2n) is 6.30. The fourth-order valence-electron chi connectivity index (χ4n) is 4.17. The maximum atomic E-state index is 5.84. The molecule has 3 atom stereocenters. The van der Waals surface area contributed by atoms with Crippen LogP contribution in [0, 0.1) is 18.8 Å². The number of rotatable bonds is 3. The minimum absolute atomic E-state index is 0.742. The van der Waals surface area contributed by atoms with Crippen LogP contribution in [0.2, 0.25) is 0 Å². The summed E-state index contributed by atoms with van der Waals surface area (Å²) in [6, 6.07) is 9.11. The molecule has 2 aromatic rings. The molecule has 1 aromatic carbocycles. The highest BCUT2D eigenvalue weighted by Crippen LogP contribution is 2.44. The Morgan fingerprint density at radius 1 is 1.21 bits per heavy atom. The van der Waals surface area contributed by atoms with Crippen molar-refractivity contribution < 1.29 is 4.42 Å². The third-order valence-electron chi connectivity index (χ3n) is 5.18. The third-order valence-corrected chi connectivity index (χ3v) is 5.18. The Balaban J connectivity index is 1.54. The smallest absolute Gasteiger partial charge is 0.134 e. The van der Waals surface area contributed by atoms with Gasteiger partial charge in [0.25, 0.3) is 0 Å². The molecule has 2 saturated carbocycles. The summed E-state index contributed by atoms with van der Waals surface area (Å²) >= 11 is 0. The van der Waals surface area contributed by atoms with Crippen molar-refractivity contribution in [1.29, 1.82) is 0 Å². The largest absolute Gasteiger partial charge is 0.461 e. The topological polar surface area (TPSA) is 25.2 Å². The standard InChI is InChI=1S/C17H21NO/c1-11-15(14-4-2-3-5-17(14)19-11)10-18-16-9-12-6-7-13(16)8-12/h2-5,12-13,16,18H,6-10H2,1H3. The number of hydrogen-bond acceptors (Lipinski definition) is 2. The number of furan rings is 1. The Hall–Kier alpha value is -1.28. The van der Waals surface area contributed by atoms with Crippen molar-refractivity contribution in [2.45, 2.75) is 45.2 Å². The van der Waals surface area contributed by atoms with Crippen LogP contribution in [-0.2, 0) is 6.54 Å². The van der Waals surface area contributed by atoms with E-state index in [9.17, 15) is 0 Å². The summed E-state index contributed by atoms with van der Waals surface area (Å²) in [6.07, 6.45) is 5.76. The Kier molecular flexibility index (Phi) is 2.66. The molecule has 0 aliphatic heterocycles. The van der Waals surface area contributed by atoms with Crippen LogP contribution in [-0.4, -0.2) is 6.04 Å². The molecule has 19 heavy (non-hydrogen) atoms. The predicted molar refractivity (Wildman–Crippen MR) is 77.0 cm³/mol. The van der Waals surface area contributed by atoms with Crippen molar-refractivity contribution in [1.82, 2.24) is 5.32 Å². The summed E-state index contributed by atoms with van der Waals surface area (Å²) in [5.74, 6) is 3.00. The number of benzene rings is 1. The SMILES string of the molecule is Cc1oc2ccccc2c1CNC1CC2CCC1C2. The molecule has 3 unspecified atom stereocenters. The van der Waals surface area contributed by atoms with Crippen molar-refractivity contribution in [3.8, 4) is 0 Å². The van der Waals surface area contributed by atoms with Gasteiger partial charge in [-0.3, -0.25) is 0 Å². The zero-order valence-electron chi connectivity index (χ0n) is 11.5. The Morgan fingerprint density at radius 2 is 2.11 bits per heavy atom. The van der Waals surface area contributed by atoms with E-state index in [4.69, 9.17) is 4.42 Å². The predicted octanol–water partition coefficient (Wildman–Crippen LogP) is 4.02. The van der Waals surface area contributed by atoms with Gasteiger partial charge >= 0.3 is 0 Å². The van der Waals surface area contributed by atoms with Gasteiger partial charge in [-0.15, -0.1) is 0 Å². The van der Waals surface area contributed by atoms with Gasteiger partial charge in [0, 0.05) is 23.5 Å². The normalized spacial score (nSPS) is 29.4. The first-order valence-electron chi connectivity index (χ1n) is 7.51. The van der Waals surface area contributed by atoms with Crippen LogP contribution < -0.4 is 5.32 Å². The van der Waals surface area contributed by atoms with E-state index in [0.29, 0.717) is 0 Å². The lowest BCUT2D eigenvalue weighted by molar-refractivity contribution is 0.350. The molecule has 0 spiro atoms. The molecule has 4 rings (SSSR count). The van der Waals surface area contributed by atoms with E-state index in [0.717, 1.165) is 35.8 Å². The van der Waals surface area contributed by atoms with E-state index >= 15 is 0 Å². The Morgan fingerprint density at radius 3 is 2.89 bits per heavy atom. The first-order chi connectivity index (χ1) is 9.31. The number of aryl methyl sites for hydroxylation is 1. The monoisotopic (exact) mass is 255 g/mol. The maximum Gasteiger partial charge on any atom is 0.134 e. The summed E-state index contributed by atoms with van der Waals surface area (Å²) < 4.78 is 5.84. The third kappa shape index (κ3) is 1.90. The molecule has 2 bridgehead atoms. The summed E-state index contributed by atoms with van der Waals surface area (Å²) in [5, 5.41) is 5.06. The van der Waals surface area contributed by atoms with Gasteiger partial charge in [-0.2, -0.15) is 0 Å². The van der Waals surface area contributed by atoms with Crippen LogP contribution in [0.3, 0.4) is 0 Å². The quantitative estimate of drug-likeness (QED) is 0.896. The minimum atomic E-state index is 0.742. The summed E-state index contributed by atoms with van der Waals surface area (Å²) in [7, 11) is 0. The summed E-state index contributed by atoms with van der Waals surface area (Å²) in [5.41, 5.74) is 2.36. The van der Waals surface area contributed by atoms with Crippen LogP contribution in [0.5, 0.6) is 0 Å². The maximum absolute atomic E-state index is 5.84. The average molecular weight is 255 g/mol. The lowest BCUT2D eigenvalue weighted by Crippen LogP contribution is -2.33. The zero-order chi connectivity index (χ0) is 12.8. The molecular weight excluding hydrogens is 234 g/mol. The van der Waals surface area contributed by atoms with Gasteiger partial charge in [0.15, 0.2) is 0 Å². The first-order valence-corrected chi connectivity index (χ1v) is 7.51. The van der Waals surface area contributed by atoms with Gasteiger partial charge < -0.3 is 9.73 Å². The van der Waals surface area contributed by atoms with Gasteiger partial charge in [-0.25, -0.2) is 0 Å². The van der Waals surface area contributed by atoms with Crippen molar-refractivity contribution in [3.05, 3.63) is 35.6 Å². The first kappa shape index (κ1) is 11.5. The van der Waals surface area contributed by atoms with E-state index < -0.39 is 0 Å². The van der Waals surface area contributed by atoms with Crippen molar-refractivity contribution in [2.24, 2.45) is 11.8 Å². The number of nitrogens with one attached hydrogen (secondary N) is 1. The van der Waals surface area contributed by atoms with Crippen molar-refractivity contribution in [3.63, 3.8) is 0 Å². The highest BCUT2D eigenvalue weighted by Gasteiger charge is 2.39. The molecule has 1 heterocycles. The second kappa shape index (κ2) is 4.38. The van der Waals surface area contributed by atoms with E-state index in [2.05, 4.69) is 30.4 Å². The Labute approximate surface area is 114 Å².